The Labute approximate surface area is 80.9 Å². The van der Waals surface area contributed by atoms with Crippen molar-refractivity contribution >= 4 is 9.05 Å². The molecule has 0 aliphatic heterocycles. The minimum atomic E-state index is -2.80. The van der Waals surface area contributed by atoms with Gasteiger partial charge < -0.3 is 17.7 Å². The van der Waals surface area contributed by atoms with Crippen LogP contribution in [0.2, 0.25) is 0 Å². The lowest BCUT2D eigenvalue weighted by atomic mass is 10.3. The maximum atomic E-state index is 5.40. The second kappa shape index (κ2) is 7.22. The van der Waals surface area contributed by atoms with Crippen molar-refractivity contribution in [2.24, 2.45) is 0 Å². The normalized spacial score (nSPS) is 11.6. The van der Waals surface area contributed by atoms with Gasteiger partial charge in [-0.05, 0) is 12.8 Å². The molecule has 0 radical (unpaired) electrons. The van der Waals surface area contributed by atoms with Gasteiger partial charge in [-0.2, -0.15) is 0 Å². The highest BCUT2D eigenvalue weighted by atomic mass is 28.4. The molecule has 0 aromatic heterocycles. The van der Waals surface area contributed by atoms with E-state index in [0.717, 1.165) is 12.8 Å². The van der Waals surface area contributed by atoms with Gasteiger partial charge in [-0.25, -0.2) is 0 Å². The summed E-state index contributed by atoms with van der Waals surface area (Å²) < 4.78 is 20.6. The zero-order valence-electron chi connectivity index (χ0n) is 8.54. The maximum absolute atomic E-state index is 5.40. The highest BCUT2D eigenvalue weighted by molar-refractivity contribution is 6.53. The van der Waals surface area contributed by atoms with Gasteiger partial charge in [-0.3, -0.25) is 0 Å². The zero-order chi connectivity index (χ0) is 10.2. The molecule has 0 aromatic carbocycles. The summed E-state index contributed by atoms with van der Waals surface area (Å²) in [4.78, 5) is 0. The van der Waals surface area contributed by atoms with Crippen molar-refractivity contribution in [3.63, 3.8) is 0 Å². The van der Waals surface area contributed by atoms with E-state index < -0.39 is 9.05 Å². The Balaban J connectivity index is 3.74. The van der Waals surface area contributed by atoms with Crippen LogP contribution in [0.5, 0.6) is 0 Å². The van der Waals surface area contributed by atoms with Gasteiger partial charge in [-0.1, -0.05) is 6.08 Å². The van der Waals surface area contributed by atoms with Crippen LogP contribution in [0.25, 0.3) is 0 Å². The van der Waals surface area contributed by atoms with E-state index >= 15 is 0 Å². The molecule has 4 nitrogen and oxygen atoms in total. The first-order chi connectivity index (χ1) is 6.24. The third-order valence-corrected chi connectivity index (χ3v) is 3.64. The lowest BCUT2D eigenvalue weighted by Crippen LogP contribution is -2.46. The molecule has 78 valence electrons. The summed E-state index contributed by atoms with van der Waals surface area (Å²) in [6, 6.07) is 0. The number of hydrogen-bond donors (Lipinski definition) is 0. The lowest BCUT2D eigenvalue weighted by molar-refractivity contribution is 0.00555. The Morgan fingerprint density at radius 3 is 2.08 bits per heavy atom. The van der Waals surface area contributed by atoms with E-state index in [-0.39, 0.29) is 0 Å². The number of rotatable bonds is 8. The van der Waals surface area contributed by atoms with Crippen LogP contribution in [0.1, 0.15) is 12.8 Å². The Morgan fingerprint density at radius 1 is 1.15 bits per heavy atom. The molecule has 13 heavy (non-hydrogen) atoms. The fourth-order valence-electron chi connectivity index (χ4n) is 0.852. The topological polar surface area (TPSA) is 36.9 Å². The molecule has 0 rings (SSSR count). The van der Waals surface area contributed by atoms with Crippen LogP contribution >= 0.6 is 0 Å². The average Bonchev–Trinajstić information content (AvgIpc) is 2.20. The first-order valence-corrected chi connectivity index (χ1v) is 5.78. The Morgan fingerprint density at radius 2 is 1.69 bits per heavy atom. The second-order valence-corrected chi connectivity index (χ2v) is 4.91. The molecule has 0 aromatic rings. The predicted octanol–water partition coefficient (Wildman–Crippen LogP) is 1.34. The van der Waals surface area contributed by atoms with E-state index in [1.165, 1.54) is 21.3 Å². The van der Waals surface area contributed by atoms with Gasteiger partial charge in [0.2, 0.25) is 0 Å². The van der Waals surface area contributed by atoms with Crippen molar-refractivity contribution in [2.45, 2.75) is 12.8 Å². The van der Waals surface area contributed by atoms with Crippen molar-refractivity contribution in [3.8, 4) is 0 Å². The fourth-order valence-corrected chi connectivity index (χ4v) is 2.10. The largest absolute Gasteiger partial charge is 0.678 e. The van der Waals surface area contributed by atoms with E-state index in [1.54, 1.807) is 0 Å². The summed E-state index contributed by atoms with van der Waals surface area (Å²) >= 11 is 0. The molecule has 0 aliphatic rings. The highest BCUT2D eigenvalue weighted by Gasteiger charge is 2.41. The monoisotopic (exact) mass is 206 g/mol. The Bertz CT molecular complexity index is 128. The first kappa shape index (κ1) is 12.8. The summed E-state index contributed by atoms with van der Waals surface area (Å²) in [6.45, 7) is 4.18. The van der Waals surface area contributed by atoms with Gasteiger partial charge in [0.05, 0.1) is 0 Å². The minimum absolute atomic E-state index is 0.563. The third-order valence-electron chi connectivity index (χ3n) is 1.58. The van der Waals surface area contributed by atoms with E-state index in [0.29, 0.717) is 6.61 Å². The predicted molar refractivity (Wildman–Crippen MR) is 52.2 cm³/mol. The molecule has 0 fully saturated rings. The lowest BCUT2D eigenvalue weighted by Gasteiger charge is -2.22. The average molecular weight is 206 g/mol. The molecule has 0 saturated carbocycles. The molecule has 0 heterocycles. The summed E-state index contributed by atoms with van der Waals surface area (Å²) in [5, 5.41) is 0. The molecule has 0 saturated heterocycles. The molecule has 0 atom stereocenters. The summed E-state index contributed by atoms with van der Waals surface area (Å²) in [6.07, 6.45) is 3.66. The molecule has 5 heteroatoms. The Kier molecular flexibility index (Phi) is 7.11. The van der Waals surface area contributed by atoms with E-state index in [2.05, 4.69) is 6.58 Å². The van der Waals surface area contributed by atoms with E-state index in [4.69, 9.17) is 17.7 Å². The highest BCUT2D eigenvalue weighted by Crippen LogP contribution is 2.08. The van der Waals surface area contributed by atoms with Crippen molar-refractivity contribution in [2.75, 3.05) is 27.9 Å². The van der Waals surface area contributed by atoms with Gasteiger partial charge in [0, 0.05) is 27.9 Å². The Hall–Kier alpha value is -0.203. The quantitative estimate of drug-likeness (QED) is 0.341. The van der Waals surface area contributed by atoms with Crippen LogP contribution < -0.4 is 0 Å². The van der Waals surface area contributed by atoms with Crippen LogP contribution in [0.15, 0.2) is 12.7 Å². The SMILES string of the molecule is C=CCCCO[Si](OC)(OC)OC. The van der Waals surface area contributed by atoms with Gasteiger partial charge >= 0.3 is 9.05 Å². The first-order valence-electron chi connectivity index (χ1n) is 4.15. The molecular formula is C8H18O4Si. The summed E-state index contributed by atoms with van der Waals surface area (Å²) in [5.74, 6) is 0. The number of allylic oxidation sites excluding steroid dienone is 1. The molecular weight excluding hydrogens is 188 g/mol. The standard InChI is InChI=1S/C8H18O4Si/c1-5-6-7-8-12-13(9-2,10-3)11-4/h5H,1,6-8H2,2-4H3. The van der Waals surface area contributed by atoms with Crippen LogP contribution in [0.4, 0.5) is 0 Å². The van der Waals surface area contributed by atoms with E-state index in [1.807, 2.05) is 6.08 Å². The molecule has 0 amide bonds. The van der Waals surface area contributed by atoms with E-state index in [9.17, 15) is 0 Å². The van der Waals surface area contributed by atoms with Gasteiger partial charge in [0.25, 0.3) is 0 Å². The smallest absolute Gasteiger partial charge is 0.355 e. The van der Waals surface area contributed by atoms with Gasteiger partial charge in [0.1, 0.15) is 0 Å². The maximum Gasteiger partial charge on any atom is 0.678 e. The van der Waals surface area contributed by atoms with Crippen molar-refractivity contribution < 1.29 is 17.7 Å². The molecule has 0 N–H and O–H groups in total. The molecule has 0 aliphatic carbocycles. The molecule has 0 bridgehead atoms. The molecule has 0 spiro atoms. The van der Waals surface area contributed by atoms with Crippen LogP contribution in [-0.2, 0) is 17.7 Å². The van der Waals surface area contributed by atoms with Crippen LogP contribution in [-0.4, -0.2) is 37.0 Å². The number of unbranched alkanes of at least 4 members (excludes halogenated alkanes) is 1. The second-order valence-electron chi connectivity index (χ2n) is 2.39. The summed E-state index contributed by atoms with van der Waals surface area (Å²) in [5.41, 5.74) is 0. The molecule has 0 unspecified atom stereocenters. The van der Waals surface area contributed by atoms with Crippen LogP contribution in [0.3, 0.4) is 0 Å². The van der Waals surface area contributed by atoms with Gasteiger partial charge in [-0.15, -0.1) is 6.58 Å². The van der Waals surface area contributed by atoms with Crippen molar-refractivity contribution in [3.05, 3.63) is 12.7 Å². The van der Waals surface area contributed by atoms with Crippen LogP contribution in [0, 0.1) is 0 Å². The van der Waals surface area contributed by atoms with Crippen molar-refractivity contribution in [1.82, 2.24) is 0 Å². The fraction of sp³-hybridized carbons (Fsp3) is 0.750. The van der Waals surface area contributed by atoms with Crippen molar-refractivity contribution in [1.29, 1.82) is 0 Å². The minimum Gasteiger partial charge on any atom is -0.355 e. The summed E-state index contributed by atoms with van der Waals surface area (Å²) in [7, 11) is 1.76. The number of hydrogen-bond acceptors (Lipinski definition) is 4. The third kappa shape index (κ3) is 4.54. The van der Waals surface area contributed by atoms with Gasteiger partial charge in [0.15, 0.2) is 0 Å². The zero-order valence-corrected chi connectivity index (χ0v) is 9.54.